The van der Waals surface area contributed by atoms with Gasteiger partial charge in [0.2, 0.25) is 0 Å². The molecule has 0 amide bonds. The van der Waals surface area contributed by atoms with E-state index in [0.29, 0.717) is 30.9 Å². The fraction of sp³-hybridized carbons (Fsp3) is 0.632. The lowest BCUT2D eigenvalue weighted by molar-refractivity contribution is 0.0492. The summed E-state index contributed by atoms with van der Waals surface area (Å²) in [6.07, 6.45) is 1.53. The molecule has 4 nitrogen and oxygen atoms in total. The Morgan fingerprint density at radius 2 is 1.75 bits per heavy atom. The van der Waals surface area contributed by atoms with Gasteiger partial charge in [-0.3, -0.25) is 0 Å². The Morgan fingerprint density at radius 1 is 1.08 bits per heavy atom. The minimum absolute atomic E-state index is 0.138. The molecule has 24 heavy (non-hydrogen) atoms. The lowest BCUT2D eigenvalue weighted by atomic mass is 10.1. The van der Waals surface area contributed by atoms with Gasteiger partial charge in [0.15, 0.2) is 11.8 Å². The summed E-state index contributed by atoms with van der Waals surface area (Å²) in [4.78, 5) is 12.0. The largest absolute Gasteiger partial charge is 0.457 e. The van der Waals surface area contributed by atoms with Gasteiger partial charge in [0.1, 0.15) is 6.61 Å². The quantitative estimate of drug-likeness (QED) is 0.327. The molecule has 1 aromatic rings. The monoisotopic (exact) mass is 353 g/mol. The molecule has 1 aromatic carbocycles. The molecule has 5 heteroatoms. The molecule has 0 aliphatic heterocycles. The van der Waals surface area contributed by atoms with Gasteiger partial charge in [-0.15, -0.1) is 0 Å². The van der Waals surface area contributed by atoms with Gasteiger partial charge in [-0.2, -0.15) is 0 Å². The van der Waals surface area contributed by atoms with E-state index < -0.39 is 7.80 Å². The van der Waals surface area contributed by atoms with E-state index in [4.69, 9.17) is 9.47 Å². The van der Waals surface area contributed by atoms with Crippen LogP contribution in [0.1, 0.15) is 44.5 Å². The van der Waals surface area contributed by atoms with Crippen molar-refractivity contribution in [3.63, 3.8) is 0 Å². The van der Waals surface area contributed by atoms with E-state index in [9.17, 15) is 9.36 Å². The molecule has 0 bridgehead atoms. The van der Waals surface area contributed by atoms with Crippen LogP contribution < -0.4 is 0 Å². The fourth-order valence-corrected chi connectivity index (χ4v) is 3.71. The summed E-state index contributed by atoms with van der Waals surface area (Å²) in [5.41, 5.74) is 0.383. The molecule has 2 unspecified atom stereocenters. The number of benzene rings is 1. The molecular weight excluding hydrogens is 323 g/mol. The third kappa shape index (κ3) is 8.03. The van der Waals surface area contributed by atoms with Crippen molar-refractivity contribution in [2.45, 2.75) is 39.8 Å². The number of esters is 1. The molecule has 0 fully saturated rings. The molecule has 0 N–H and O–H groups in total. The van der Waals surface area contributed by atoms with Crippen molar-refractivity contribution in [2.75, 3.05) is 26.0 Å². The Labute approximate surface area is 146 Å². The van der Waals surface area contributed by atoms with E-state index in [-0.39, 0.29) is 24.2 Å². The van der Waals surface area contributed by atoms with Crippen molar-refractivity contribution in [1.82, 2.24) is 0 Å². The minimum Gasteiger partial charge on any atom is -0.457 e. The molecule has 0 heterocycles. The first-order chi connectivity index (χ1) is 11.4. The number of carbonyl (C=O) groups is 1. The predicted octanol–water partition coefficient (Wildman–Crippen LogP) is 4.76. The predicted molar refractivity (Wildman–Crippen MR) is 98.1 cm³/mol. The highest BCUT2D eigenvalue weighted by Gasteiger charge is 2.34. The van der Waals surface area contributed by atoms with Crippen LogP contribution >= 0.6 is 7.80 Å². The molecule has 0 aliphatic carbocycles. The van der Waals surface area contributed by atoms with Crippen LogP contribution in [0.25, 0.3) is 0 Å². The maximum absolute atomic E-state index is 12.5. The topological polar surface area (TPSA) is 52.6 Å². The van der Waals surface area contributed by atoms with Crippen LogP contribution in [0.2, 0.25) is 0 Å². The Balaban J connectivity index is 2.40. The third-order valence-electron chi connectivity index (χ3n) is 3.83. The van der Waals surface area contributed by atoms with Gasteiger partial charge in [0.25, 0.3) is 0 Å². The molecule has 1 rings (SSSR count). The van der Waals surface area contributed by atoms with Crippen LogP contribution in [0.4, 0.5) is 0 Å². The maximum atomic E-state index is 12.5. The number of carbonyl (C=O) groups excluding carboxylic acids is 1. The van der Waals surface area contributed by atoms with E-state index in [1.165, 1.54) is 0 Å². The average molecular weight is 353 g/mol. The zero-order valence-corrected chi connectivity index (χ0v) is 16.1. The van der Waals surface area contributed by atoms with Gasteiger partial charge in [0, 0.05) is 12.5 Å². The molecule has 0 radical (unpaired) electrons. The van der Waals surface area contributed by atoms with Gasteiger partial charge >= 0.3 is 13.8 Å². The van der Waals surface area contributed by atoms with Crippen LogP contribution in [0.5, 0.6) is 0 Å². The highest BCUT2D eigenvalue weighted by molar-refractivity contribution is 7.45. The van der Waals surface area contributed by atoms with Crippen molar-refractivity contribution >= 4 is 13.8 Å². The molecule has 0 spiro atoms. The molecule has 0 aliphatic rings. The molecular formula is C19H30O4P+. The molecule has 0 saturated heterocycles. The number of hydrogen-bond acceptors (Lipinski definition) is 4. The third-order valence-corrected chi connectivity index (χ3v) is 5.94. The molecule has 0 aromatic heterocycles. The Bertz CT molecular complexity index is 499. The first kappa shape index (κ1) is 20.8. The Hall–Kier alpha value is -1.25. The fourth-order valence-electron chi connectivity index (χ4n) is 2.17. The summed E-state index contributed by atoms with van der Waals surface area (Å²) in [5.74, 6) is 0.435. The lowest BCUT2D eigenvalue weighted by Crippen LogP contribution is -2.22. The van der Waals surface area contributed by atoms with Crippen LogP contribution in [0, 0.1) is 11.8 Å². The van der Waals surface area contributed by atoms with Crippen LogP contribution in [-0.4, -0.2) is 37.6 Å². The van der Waals surface area contributed by atoms with E-state index >= 15 is 0 Å². The van der Waals surface area contributed by atoms with Gasteiger partial charge in [-0.05, 0) is 24.5 Å². The summed E-state index contributed by atoms with van der Waals surface area (Å²) < 4.78 is 23.4. The summed E-state index contributed by atoms with van der Waals surface area (Å²) in [6, 6.07) is 8.88. The van der Waals surface area contributed by atoms with Crippen molar-refractivity contribution in [3.8, 4) is 0 Å². The number of hydrogen-bond donors (Lipinski definition) is 0. The molecule has 134 valence electrons. The Kier molecular flexibility index (Phi) is 9.82. The first-order valence-electron chi connectivity index (χ1n) is 8.65. The standard InChI is InChI=1S/C19H30O4P/c1-15(2)10-11-22-12-13-24(21)18(16(3)4)14-23-19(20)17-8-6-5-7-9-17/h5-9,15-16,18H,10-14H2,1-4H3/q+1. The van der Waals surface area contributed by atoms with E-state index in [1.807, 2.05) is 19.9 Å². The molecule has 0 saturated carbocycles. The number of ether oxygens (including phenoxy) is 2. The maximum Gasteiger partial charge on any atom is 0.348 e. The van der Waals surface area contributed by atoms with Gasteiger partial charge in [-0.1, -0.05) is 50.5 Å². The summed E-state index contributed by atoms with van der Waals surface area (Å²) >= 11 is 0. The summed E-state index contributed by atoms with van der Waals surface area (Å²) in [5, 5.41) is 0. The number of rotatable bonds is 11. The van der Waals surface area contributed by atoms with Crippen LogP contribution in [-0.2, 0) is 14.0 Å². The van der Waals surface area contributed by atoms with Crippen molar-refractivity contribution < 1.29 is 18.8 Å². The second kappa shape index (κ2) is 11.3. The van der Waals surface area contributed by atoms with Crippen molar-refractivity contribution in [1.29, 1.82) is 0 Å². The van der Waals surface area contributed by atoms with Gasteiger partial charge in [-0.25, -0.2) is 4.79 Å². The molecule has 2 atom stereocenters. The Morgan fingerprint density at radius 3 is 2.33 bits per heavy atom. The normalized spacial score (nSPS) is 13.2. The second-order valence-electron chi connectivity index (χ2n) is 6.71. The SMILES string of the molecule is CC(C)CCOCC[P+](=O)C(COC(=O)c1ccccc1)C(C)C. The average Bonchev–Trinajstić information content (AvgIpc) is 2.54. The van der Waals surface area contributed by atoms with Crippen LogP contribution in [0.3, 0.4) is 0 Å². The summed E-state index contributed by atoms with van der Waals surface area (Å²) in [6.45, 7) is 9.71. The second-order valence-corrected chi connectivity index (χ2v) is 8.66. The van der Waals surface area contributed by atoms with E-state index in [0.717, 1.165) is 6.42 Å². The van der Waals surface area contributed by atoms with Crippen LogP contribution in [0.15, 0.2) is 30.3 Å². The first-order valence-corrected chi connectivity index (χ1v) is 10.2. The zero-order valence-electron chi connectivity index (χ0n) is 15.2. The van der Waals surface area contributed by atoms with E-state index in [2.05, 4.69) is 13.8 Å². The highest BCUT2D eigenvalue weighted by Crippen LogP contribution is 2.33. The highest BCUT2D eigenvalue weighted by atomic mass is 31.1. The minimum atomic E-state index is -1.47. The zero-order chi connectivity index (χ0) is 17.9. The van der Waals surface area contributed by atoms with Gasteiger partial charge < -0.3 is 9.47 Å². The summed E-state index contributed by atoms with van der Waals surface area (Å²) in [7, 11) is -1.47. The smallest absolute Gasteiger partial charge is 0.348 e. The lowest BCUT2D eigenvalue weighted by Gasteiger charge is -2.12. The van der Waals surface area contributed by atoms with E-state index in [1.54, 1.807) is 24.3 Å². The van der Waals surface area contributed by atoms with Crippen molar-refractivity contribution in [3.05, 3.63) is 35.9 Å². The van der Waals surface area contributed by atoms with Crippen molar-refractivity contribution in [2.24, 2.45) is 11.8 Å². The van der Waals surface area contributed by atoms with Gasteiger partial charge in [0.05, 0.1) is 12.2 Å².